The van der Waals surface area contributed by atoms with Crippen molar-refractivity contribution in [2.75, 3.05) is 5.32 Å². The molecule has 0 radical (unpaired) electrons. The van der Waals surface area contributed by atoms with Crippen LogP contribution in [0.3, 0.4) is 0 Å². The first-order valence-corrected chi connectivity index (χ1v) is 8.34. The predicted molar refractivity (Wildman–Crippen MR) is 91.3 cm³/mol. The summed E-state index contributed by atoms with van der Waals surface area (Å²) in [7, 11) is 0. The van der Waals surface area contributed by atoms with Gasteiger partial charge in [0.1, 0.15) is 5.82 Å². The monoisotopic (exact) mass is 386 g/mol. The normalized spacial score (nSPS) is 11.6. The molecule has 2 aromatic carbocycles. The molecule has 3 rings (SSSR count). The second-order valence-electron chi connectivity index (χ2n) is 5.17. The summed E-state index contributed by atoms with van der Waals surface area (Å²) in [4.78, 5) is 4.77. The minimum atomic E-state index is -4.44. The van der Waals surface area contributed by atoms with E-state index in [-0.39, 0.29) is 17.4 Å². The lowest BCUT2D eigenvalue weighted by Crippen LogP contribution is -2.04. The number of halogens is 5. The van der Waals surface area contributed by atoms with Crippen LogP contribution in [-0.2, 0) is 12.7 Å². The van der Waals surface area contributed by atoms with Crippen molar-refractivity contribution in [3.63, 3.8) is 0 Å². The zero-order valence-electron chi connectivity index (χ0n) is 12.6. The highest BCUT2D eigenvalue weighted by Crippen LogP contribution is 2.38. The summed E-state index contributed by atoms with van der Waals surface area (Å²) < 4.78 is 51.7. The van der Waals surface area contributed by atoms with Crippen LogP contribution in [0.15, 0.2) is 48.7 Å². The number of anilines is 1. The van der Waals surface area contributed by atoms with Crippen molar-refractivity contribution in [1.29, 1.82) is 0 Å². The van der Waals surface area contributed by atoms with E-state index in [4.69, 9.17) is 11.6 Å². The topological polar surface area (TPSA) is 24.9 Å². The number of aromatic nitrogens is 1. The van der Waals surface area contributed by atoms with Crippen LogP contribution in [-0.4, -0.2) is 4.98 Å². The lowest BCUT2D eigenvalue weighted by Gasteiger charge is -2.08. The lowest BCUT2D eigenvalue weighted by molar-refractivity contribution is -0.137. The molecule has 0 saturated carbocycles. The van der Waals surface area contributed by atoms with Gasteiger partial charge in [0.2, 0.25) is 0 Å². The largest absolute Gasteiger partial charge is 0.416 e. The molecule has 3 aromatic rings. The number of hydrogen-bond donors (Lipinski definition) is 1. The predicted octanol–water partition coefficient (Wildman–Crippen LogP) is 6.23. The van der Waals surface area contributed by atoms with Crippen molar-refractivity contribution in [2.24, 2.45) is 0 Å². The minimum absolute atomic E-state index is 0.000807. The Morgan fingerprint density at radius 2 is 1.88 bits per heavy atom. The zero-order valence-corrected chi connectivity index (χ0v) is 14.1. The van der Waals surface area contributed by atoms with Crippen LogP contribution >= 0.6 is 22.9 Å². The molecule has 2 nitrogen and oxygen atoms in total. The Bertz CT molecular complexity index is 892. The van der Waals surface area contributed by atoms with E-state index in [2.05, 4.69) is 10.3 Å². The average molecular weight is 387 g/mol. The maximum atomic E-state index is 13.6. The molecule has 25 heavy (non-hydrogen) atoms. The number of nitrogens with one attached hydrogen (secondary N) is 1. The summed E-state index contributed by atoms with van der Waals surface area (Å²) in [6.07, 6.45) is -2.93. The molecule has 0 fully saturated rings. The van der Waals surface area contributed by atoms with Gasteiger partial charge in [0.15, 0.2) is 5.13 Å². The number of nitrogens with zero attached hydrogens (tertiary/aromatic N) is 1. The third-order valence-corrected chi connectivity index (χ3v) is 4.76. The first-order chi connectivity index (χ1) is 11.8. The molecule has 8 heteroatoms. The Balaban J connectivity index is 1.76. The summed E-state index contributed by atoms with van der Waals surface area (Å²) in [5.74, 6) is -0.322. The Morgan fingerprint density at radius 3 is 2.56 bits per heavy atom. The second-order valence-corrected chi connectivity index (χ2v) is 6.60. The fourth-order valence-corrected chi connectivity index (χ4v) is 3.37. The van der Waals surface area contributed by atoms with Gasteiger partial charge in [-0.2, -0.15) is 13.2 Å². The summed E-state index contributed by atoms with van der Waals surface area (Å²) in [5, 5.41) is 3.51. The second kappa shape index (κ2) is 7.01. The molecule has 0 amide bonds. The van der Waals surface area contributed by atoms with Crippen LogP contribution in [0.25, 0.3) is 10.4 Å². The number of alkyl halides is 3. The SMILES string of the molecule is Fc1ccccc1CNc1ncc(-c2ccc(C(F)(F)F)cc2Cl)s1. The smallest absolute Gasteiger partial charge is 0.357 e. The molecule has 0 aliphatic rings. The van der Waals surface area contributed by atoms with Gasteiger partial charge in [-0.1, -0.05) is 47.2 Å². The maximum Gasteiger partial charge on any atom is 0.416 e. The number of benzene rings is 2. The molecule has 1 N–H and O–H groups in total. The standard InChI is InChI=1S/C17H11ClF4N2S/c18-13-7-11(17(20,21)22)5-6-12(13)15-9-24-16(25-15)23-8-10-3-1-2-4-14(10)19/h1-7,9H,8H2,(H,23,24). The van der Waals surface area contributed by atoms with Gasteiger partial charge in [-0.25, -0.2) is 9.37 Å². The molecular formula is C17H11ClF4N2S. The fraction of sp³-hybridized carbons (Fsp3) is 0.118. The lowest BCUT2D eigenvalue weighted by atomic mass is 10.1. The molecule has 0 unspecified atom stereocenters. The molecule has 0 atom stereocenters. The minimum Gasteiger partial charge on any atom is -0.357 e. The number of rotatable bonds is 4. The van der Waals surface area contributed by atoms with E-state index < -0.39 is 11.7 Å². The van der Waals surface area contributed by atoms with E-state index in [0.29, 0.717) is 21.1 Å². The quantitative estimate of drug-likeness (QED) is 0.537. The van der Waals surface area contributed by atoms with E-state index in [1.807, 2.05) is 0 Å². The fourth-order valence-electron chi connectivity index (χ4n) is 2.18. The van der Waals surface area contributed by atoms with Crippen LogP contribution in [0.1, 0.15) is 11.1 Å². The Morgan fingerprint density at radius 1 is 1.12 bits per heavy atom. The van der Waals surface area contributed by atoms with Gasteiger partial charge < -0.3 is 5.32 Å². The molecule has 130 valence electrons. The van der Waals surface area contributed by atoms with Crippen LogP contribution in [0, 0.1) is 5.82 Å². The number of hydrogen-bond acceptors (Lipinski definition) is 3. The highest BCUT2D eigenvalue weighted by atomic mass is 35.5. The molecule has 1 heterocycles. The Kier molecular flexibility index (Phi) is 4.96. The van der Waals surface area contributed by atoms with Gasteiger partial charge in [0.05, 0.1) is 10.4 Å². The van der Waals surface area contributed by atoms with E-state index in [9.17, 15) is 17.6 Å². The van der Waals surface area contributed by atoms with Crippen molar-refractivity contribution in [2.45, 2.75) is 12.7 Å². The molecular weight excluding hydrogens is 376 g/mol. The van der Waals surface area contributed by atoms with Crippen LogP contribution in [0.2, 0.25) is 5.02 Å². The summed E-state index contributed by atoms with van der Waals surface area (Å²) in [5.41, 5.74) is 0.154. The third kappa shape index (κ3) is 4.11. The molecule has 0 aliphatic heterocycles. The highest BCUT2D eigenvalue weighted by molar-refractivity contribution is 7.18. The summed E-state index contributed by atoms with van der Waals surface area (Å²) >= 11 is 7.21. The van der Waals surface area contributed by atoms with Gasteiger partial charge in [0.25, 0.3) is 0 Å². The van der Waals surface area contributed by atoms with E-state index in [1.54, 1.807) is 18.2 Å². The van der Waals surface area contributed by atoms with Crippen LogP contribution in [0.5, 0.6) is 0 Å². The first kappa shape index (κ1) is 17.7. The van der Waals surface area contributed by atoms with Gasteiger partial charge >= 0.3 is 6.18 Å². The first-order valence-electron chi connectivity index (χ1n) is 7.15. The van der Waals surface area contributed by atoms with Crippen molar-refractivity contribution in [1.82, 2.24) is 4.98 Å². The van der Waals surface area contributed by atoms with Crippen molar-refractivity contribution < 1.29 is 17.6 Å². The van der Waals surface area contributed by atoms with E-state index >= 15 is 0 Å². The van der Waals surface area contributed by atoms with Crippen LogP contribution < -0.4 is 5.32 Å². The average Bonchev–Trinajstić information content (AvgIpc) is 3.02. The van der Waals surface area contributed by atoms with Crippen molar-refractivity contribution >= 4 is 28.1 Å². The molecule has 0 saturated heterocycles. The van der Waals surface area contributed by atoms with Gasteiger partial charge in [-0.3, -0.25) is 0 Å². The molecule has 0 spiro atoms. The van der Waals surface area contributed by atoms with Crippen molar-refractivity contribution in [3.8, 4) is 10.4 Å². The Hall–Kier alpha value is -2.12. The highest BCUT2D eigenvalue weighted by Gasteiger charge is 2.31. The zero-order chi connectivity index (χ0) is 18.0. The Labute approximate surface area is 150 Å². The number of thiazole rings is 1. The van der Waals surface area contributed by atoms with Crippen molar-refractivity contribution in [3.05, 3.63) is 70.6 Å². The van der Waals surface area contributed by atoms with E-state index in [0.717, 1.165) is 12.1 Å². The van der Waals surface area contributed by atoms with Crippen LogP contribution in [0.4, 0.5) is 22.7 Å². The van der Waals surface area contributed by atoms with Gasteiger partial charge in [0, 0.05) is 28.9 Å². The molecule has 1 aromatic heterocycles. The summed E-state index contributed by atoms with van der Waals surface area (Å²) in [6, 6.07) is 9.55. The maximum absolute atomic E-state index is 13.6. The molecule has 0 bridgehead atoms. The van der Waals surface area contributed by atoms with Gasteiger partial charge in [-0.05, 0) is 18.2 Å². The third-order valence-electron chi connectivity index (χ3n) is 3.46. The summed E-state index contributed by atoms with van der Waals surface area (Å²) in [6.45, 7) is 0.250. The molecule has 0 aliphatic carbocycles. The van der Waals surface area contributed by atoms with E-state index in [1.165, 1.54) is 29.7 Å². The van der Waals surface area contributed by atoms with Gasteiger partial charge in [-0.15, -0.1) is 0 Å².